The van der Waals surface area contributed by atoms with Crippen molar-refractivity contribution in [2.24, 2.45) is 5.92 Å². The molecule has 0 aromatic heterocycles. The molecular weight excluding hydrogens is 281 g/mol. The molecule has 19 heavy (non-hydrogen) atoms. The van der Waals surface area contributed by atoms with Gasteiger partial charge in [-0.1, -0.05) is 25.7 Å². The van der Waals surface area contributed by atoms with E-state index in [9.17, 15) is 0 Å². The Labute approximate surface area is 121 Å². The van der Waals surface area contributed by atoms with Crippen LogP contribution >= 0.6 is 6.72 Å². The molecule has 0 amide bonds. The fourth-order valence-electron chi connectivity index (χ4n) is 3.36. The zero-order valence-corrected chi connectivity index (χ0v) is 13.2. The first-order valence-electron chi connectivity index (χ1n) is 7.49. The third-order valence-corrected chi connectivity index (χ3v) is 5.15. The van der Waals surface area contributed by atoms with Crippen LogP contribution in [0, 0.1) is 5.92 Å². The van der Waals surface area contributed by atoms with E-state index in [1.54, 1.807) is 0 Å². The Kier molecular flexibility index (Phi) is 6.25. The lowest BCUT2D eigenvalue weighted by molar-refractivity contribution is 0.208. The van der Waals surface area contributed by atoms with Crippen LogP contribution in [0.3, 0.4) is 0 Å². The van der Waals surface area contributed by atoms with Gasteiger partial charge in [-0.2, -0.15) is 0 Å². The molecule has 4 nitrogen and oxygen atoms in total. The molecule has 0 radical (unpaired) electrons. The summed E-state index contributed by atoms with van der Waals surface area (Å²) in [6, 6.07) is 1.26. The van der Waals surface area contributed by atoms with Gasteiger partial charge in [0.1, 0.15) is 0 Å². The molecule has 0 bridgehead atoms. The van der Waals surface area contributed by atoms with E-state index in [1.807, 2.05) is 0 Å². The largest absolute Gasteiger partial charge is 0.325 e. The van der Waals surface area contributed by atoms with E-state index in [0.717, 1.165) is 12.8 Å². The lowest BCUT2D eigenvalue weighted by Gasteiger charge is -2.22. The second-order valence-corrected chi connectivity index (χ2v) is 8.68. The smallest absolute Gasteiger partial charge is 0.321 e. The number of nitrogens with one attached hydrogen (secondary N) is 1. The standard InChI is InChI=1S/C13H26NO3PS/c15-18(16,19)17-10-11-7-8-13(9-11)14-12-5-3-1-2-4-6-12/h11-14H,1-10H2,(H2,15,16,19)/t11-,13+/m1/s1. The Morgan fingerprint density at radius 3 is 2.32 bits per heavy atom. The maximum Gasteiger partial charge on any atom is 0.321 e. The predicted octanol–water partition coefficient (Wildman–Crippen LogP) is 2.69. The highest BCUT2D eigenvalue weighted by Crippen LogP contribution is 2.39. The molecule has 0 spiro atoms. The number of hydrogen-bond donors (Lipinski definition) is 3. The molecule has 2 rings (SSSR count). The van der Waals surface area contributed by atoms with E-state index in [4.69, 9.17) is 14.3 Å². The van der Waals surface area contributed by atoms with Gasteiger partial charge in [0.05, 0.1) is 6.61 Å². The van der Waals surface area contributed by atoms with Crippen LogP contribution in [0.1, 0.15) is 57.8 Å². The van der Waals surface area contributed by atoms with E-state index in [1.165, 1.54) is 44.9 Å². The molecule has 2 aliphatic rings. The van der Waals surface area contributed by atoms with Crippen LogP contribution in [0.5, 0.6) is 0 Å². The van der Waals surface area contributed by atoms with Crippen molar-refractivity contribution in [3.8, 4) is 0 Å². The molecule has 2 saturated carbocycles. The second kappa shape index (κ2) is 7.48. The minimum atomic E-state index is -3.47. The SMILES string of the molecule is OP(O)(=S)OC[C@@H]1CC[C@H](NC2CCCCCC2)C1. The Morgan fingerprint density at radius 1 is 1.00 bits per heavy atom. The summed E-state index contributed by atoms with van der Waals surface area (Å²) in [5.74, 6) is 0.421. The summed E-state index contributed by atoms with van der Waals surface area (Å²) in [6.45, 7) is -3.07. The van der Waals surface area contributed by atoms with Crippen LogP contribution in [0.15, 0.2) is 0 Å². The molecule has 2 aliphatic carbocycles. The van der Waals surface area contributed by atoms with Crippen LogP contribution in [0.25, 0.3) is 0 Å². The van der Waals surface area contributed by atoms with Gasteiger partial charge in [0.2, 0.25) is 0 Å². The summed E-state index contributed by atoms with van der Waals surface area (Å²) in [5, 5.41) is 3.79. The molecule has 2 atom stereocenters. The van der Waals surface area contributed by atoms with E-state index in [-0.39, 0.29) is 0 Å². The summed E-state index contributed by atoms with van der Waals surface area (Å²) < 4.78 is 4.98. The average Bonchev–Trinajstić information content (AvgIpc) is 2.61. The normalized spacial score (nSPS) is 30.4. The topological polar surface area (TPSA) is 61.7 Å². The fraction of sp³-hybridized carbons (Fsp3) is 1.00. The van der Waals surface area contributed by atoms with Crippen molar-refractivity contribution in [3.63, 3.8) is 0 Å². The zero-order valence-electron chi connectivity index (χ0n) is 11.5. The summed E-state index contributed by atoms with van der Waals surface area (Å²) in [4.78, 5) is 18.2. The van der Waals surface area contributed by atoms with E-state index >= 15 is 0 Å². The lowest BCUT2D eigenvalue weighted by atomic mass is 10.1. The van der Waals surface area contributed by atoms with Crippen LogP contribution in [-0.2, 0) is 16.3 Å². The van der Waals surface area contributed by atoms with E-state index in [0.29, 0.717) is 24.6 Å². The average molecular weight is 307 g/mol. The molecule has 0 aromatic carbocycles. The van der Waals surface area contributed by atoms with Crippen LogP contribution < -0.4 is 5.32 Å². The molecule has 0 aromatic rings. The molecule has 112 valence electrons. The fourth-order valence-corrected chi connectivity index (χ4v) is 3.95. The van der Waals surface area contributed by atoms with Crippen LogP contribution in [0.2, 0.25) is 0 Å². The Bertz CT molecular complexity index is 315. The molecule has 0 unspecified atom stereocenters. The highest BCUT2D eigenvalue weighted by Gasteiger charge is 2.27. The molecule has 0 heterocycles. The zero-order chi connectivity index (χ0) is 13.7. The van der Waals surface area contributed by atoms with Gasteiger partial charge in [-0.25, -0.2) is 0 Å². The van der Waals surface area contributed by atoms with Gasteiger partial charge in [-0.15, -0.1) is 0 Å². The van der Waals surface area contributed by atoms with Crippen molar-refractivity contribution in [1.29, 1.82) is 0 Å². The Balaban J connectivity index is 1.68. The predicted molar refractivity (Wildman–Crippen MR) is 80.4 cm³/mol. The quantitative estimate of drug-likeness (QED) is 0.538. The lowest BCUT2D eigenvalue weighted by Crippen LogP contribution is -2.36. The maximum absolute atomic E-state index is 9.08. The van der Waals surface area contributed by atoms with Crippen LogP contribution in [0.4, 0.5) is 0 Å². The van der Waals surface area contributed by atoms with E-state index in [2.05, 4.69) is 17.1 Å². The second-order valence-electron chi connectivity index (χ2n) is 6.02. The first-order valence-corrected chi connectivity index (χ1v) is 10.1. The number of rotatable bonds is 5. The van der Waals surface area contributed by atoms with E-state index < -0.39 is 6.72 Å². The molecular formula is C13H26NO3PS. The summed E-state index contributed by atoms with van der Waals surface area (Å²) in [7, 11) is 0. The van der Waals surface area contributed by atoms with Crippen molar-refractivity contribution in [2.75, 3.05) is 6.61 Å². The Hall–Kier alpha value is 0.490. The monoisotopic (exact) mass is 307 g/mol. The molecule has 2 fully saturated rings. The van der Waals surface area contributed by atoms with Gasteiger partial charge < -0.3 is 19.6 Å². The highest BCUT2D eigenvalue weighted by molar-refractivity contribution is 8.06. The molecule has 0 aliphatic heterocycles. The molecule has 0 saturated heterocycles. The van der Waals surface area contributed by atoms with Gasteiger partial charge >= 0.3 is 6.72 Å². The van der Waals surface area contributed by atoms with Crippen molar-refractivity contribution in [3.05, 3.63) is 0 Å². The first-order chi connectivity index (χ1) is 9.03. The highest BCUT2D eigenvalue weighted by atomic mass is 32.5. The molecule has 3 N–H and O–H groups in total. The van der Waals surface area contributed by atoms with Gasteiger partial charge in [0, 0.05) is 12.1 Å². The Morgan fingerprint density at radius 2 is 1.68 bits per heavy atom. The number of hydrogen-bond acceptors (Lipinski definition) is 3. The van der Waals surface area contributed by atoms with Gasteiger partial charge in [-0.05, 0) is 49.8 Å². The third-order valence-electron chi connectivity index (χ3n) is 4.35. The third kappa shape index (κ3) is 6.19. The van der Waals surface area contributed by atoms with Gasteiger partial charge in [-0.3, -0.25) is 0 Å². The van der Waals surface area contributed by atoms with Gasteiger partial charge in [0.25, 0.3) is 0 Å². The van der Waals surface area contributed by atoms with Crippen molar-refractivity contribution < 1.29 is 14.3 Å². The summed E-state index contributed by atoms with van der Waals surface area (Å²) >= 11 is 4.48. The minimum absolute atomic E-state index is 0.396. The van der Waals surface area contributed by atoms with Crippen LogP contribution in [-0.4, -0.2) is 28.5 Å². The first kappa shape index (κ1) is 15.9. The minimum Gasteiger partial charge on any atom is -0.325 e. The molecule has 6 heteroatoms. The maximum atomic E-state index is 9.08. The summed E-state index contributed by atoms with van der Waals surface area (Å²) in [5.41, 5.74) is 0. The van der Waals surface area contributed by atoms with Gasteiger partial charge in [0.15, 0.2) is 0 Å². The van der Waals surface area contributed by atoms with Crippen molar-refractivity contribution in [1.82, 2.24) is 5.32 Å². The summed E-state index contributed by atoms with van der Waals surface area (Å²) in [6.07, 6.45) is 11.4. The van der Waals surface area contributed by atoms with Crippen molar-refractivity contribution >= 4 is 18.5 Å². The van der Waals surface area contributed by atoms with Crippen molar-refractivity contribution in [2.45, 2.75) is 69.9 Å².